The van der Waals surface area contributed by atoms with E-state index >= 15 is 0 Å². The van der Waals surface area contributed by atoms with Gasteiger partial charge in [-0.15, -0.1) is 0 Å². The van der Waals surface area contributed by atoms with Crippen LogP contribution >= 0.6 is 0 Å². The van der Waals surface area contributed by atoms with Crippen molar-refractivity contribution in [2.45, 2.75) is 51.4 Å². The largest absolute Gasteiger partial charge is 0.504 e. The number of fused-ring (bicyclic) bond motifs is 5. The van der Waals surface area contributed by atoms with Gasteiger partial charge in [0.05, 0.1) is 7.11 Å². The number of rotatable bonds is 1. The van der Waals surface area contributed by atoms with Gasteiger partial charge >= 0.3 is 0 Å². The van der Waals surface area contributed by atoms with Crippen molar-refractivity contribution >= 4 is 0 Å². The summed E-state index contributed by atoms with van der Waals surface area (Å²) in [5.74, 6) is 2.13. The normalized spacial score (nSPS) is 35.4. The fourth-order valence-corrected chi connectivity index (χ4v) is 5.80. The highest BCUT2D eigenvalue weighted by Crippen LogP contribution is 2.64. The van der Waals surface area contributed by atoms with E-state index in [1.54, 1.807) is 6.07 Å². The van der Waals surface area contributed by atoms with Crippen LogP contribution in [0.4, 0.5) is 0 Å². The molecule has 0 radical (unpaired) electrons. The monoisotopic (exact) mass is 314 g/mol. The van der Waals surface area contributed by atoms with E-state index < -0.39 is 0 Å². The number of phenolic OH excluding ortho intramolecular Hbond substituents is 2. The molecule has 0 spiro atoms. The number of ether oxygens (including phenoxy) is 1. The Morgan fingerprint density at radius 2 is 2.00 bits per heavy atom. The van der Waals surface area contributed by atoms with Crippen LogP contribution in [0, 0.1) is 17.3 Å². The summed E-state index contributed by atoms with van der Waals surface area (Å²) in [4.78, 5) is 0. The van der Waals surface area contributed by atoms with Crippen molar-refractivity contribution in [2.75, 3.05) is 7.11 Å². The Morgan fingerprint density at radius 3 is 2.74 bits per heavy atom. The molecular weight excluding hydrogens is 288 g/mol. The standard InChI is InChI=1S/C20H26O3/c1-11-4-7-15-13-6-5-12-10-16(21)19(23-3)18(22)17(12)14(13)8-9-20(11,15)2/h10,13-15,21-22H,1,4-9H2,2-3H3/t13-,14+,15+,20-/m1/s1. The molecule has 3 nitrogen and oxygen atoms in total. The van der Waals surface area contributed by atoms with Crippen LogP contribution in [0.15, 0.2) is 18.2 Å². The molecule has 124 valence electrons. The second kappa shape index (κ2) is 4.93. The van der Waals surface area contributed by atoms with E-state index in [9.17, 15) is 10.2 Å². The SMILES string of the molecule is C=C1CC[C@H]2[C@@H]3CCc4cc(O)c(OC)c(O)c4[C@H]3CC[C@]12C. The Kier molecular flexibility index (Phi) is 3.20. The fraction of sp³-hybridized carbons (Fsp3) is 0.600. The van der Waals surface area contributed by atoms with Gasteiger partial charge in [0.1, 0.15) is 0 Å². The number of allylic oxidation sites excluding steroid dienone is 1. The third kappa shape index (κ3) is 1.88. The average Bonchev–Trinajstić information content (AvgIpc) is 2.83. The highest BCUT2D eigenvalue weighted by atomic mass is 16.5. The van der Waals surface area contributed by atoms with Crippen LogP contribution in [-0.4, -0.2) is 17.3 Å². The summed E-state index contributed by atoms with van der Waals surface area (Å²) in [6, 6.07) is 1.80. The maximum absolute atomic E-state index is 10.7. The van der Waals surface area contributed by atoms with Gasteiger partial charge in [-0.05, 0) is 73.3 Å². The van der Waals surface area contributed by atoms with E-state index in [2.05, 4.69) is 13.5 Å². The van der Waals surface area contributed by atoms with Gasteiger partial charge in [0.15, 0.2) is 11.5 Å². The number of aryl methyl sites for hydroxylation is 1. The maximum atomic E-state index is 10.7. The molecule has 3 aliphatic carbocycles. The van der Waals surface area contributed by atoms with Crippen LogP contribution in [0.25, 0.3) is 0 Å². The van der Waals surface area contributed by atoms with Gasteiger partial charge in [0, 0.05) is 5.56 Å². The number of phenols is 2. The van der Waals surface area contributed by atoms with E-state index in [1.807, 2.05) is 0 Å². The first-order chi connectivity index (χ1) is 11.0. The number of hydrogen-bond donors (Lipinski definition) is 2. The van der Waals surface area contributed by atoms with Crippen LogP contribution in [0.2, 0.25) is 0 Å². The molecule has 2 fully saturated rings. The first kappa shape index (κ1) is 14.9. The van der Waals surface area contributed by atoms with Crippen LogP contribution in [0.1, 0.15) is 56.1 Å². The van der Waals surface area contributed by atoms with E-state index in [-0.39, 0.29) is 22.7 Å². The molecule has 2 N–H and O–H groups in total. The topological polar surface area (TPSA) is 49.7 Å². The minimum absolute atomic E-state index is 0.0529. The molecule has 3 heteroatoms. The minimum atomic E-state index is 0.0529. The minimum Gasteiger partial charge on any atom is -0.504 e. The van der Waals surface area contributed by atoms with Gasteiger partial charge in [-0.3, -0.25) is 0 Å². The second-order valence-corrected chi connectivity index (χ2v) is 7.86. The molecule has 0 bridgehead atoms. The predicted octanol–water partition coefficient (Wildman–Crippen LogP) is 4.52. The quantitative estimate of drug-likeness (QED) is 0.749. The van der Waals surface area contributed by atoms with Crippen molar-refractivity contribution in [1.29, 1.82) is 0 Å². The molecule has 0 aromatic heterocycles. The van der Waals surface area contributed by atoms with Crippen LogP contribution in [0.5, 0.6) is 17.2 Å². The van der Waals surface area contributed by atoms with Crippen molar-refractivity contribution in [3.63, 3.8) is 0 Å². The molecule has 0 aliphatic heterocycles. The first-order valence-electron chi connectivity index (χ1n) is 8.77. The smallest absolute Gasteiger partial charge is 0.203 e. The lowest BCUT2D eigenvalue weighted by Gasteiger charge is -2.49. The van der Waals surface area contributed by atoms with Crippen molar-refractivity contribution in [3.05, 3.63) is 29.3 Å². The van der Waals surface area contributed by atoms with Crippen molar-refractivity contribution in [3.8, 4) is 17.2 Å². The lowest BCUT2D eigenvalue weighted by atomic mass is 9.55. The summed E-state index contributed by atoms with van der Waals surface area (Å²) in [6.07, 6.45) is 6.71. The lowest BCUT2D eigenvalue weighted by Crippen LogP contribution is -2.40. The average molecular weight is 314 g/mol. The molecule has 4 rings (SSSR count). The molecule has 23 heavy (non-hydrogen) atoms. The van der Waals surface area contributed by atoms with E-state index in [0.29, 0.717) is 17.8 Å². The Bertz CT molecular complexity index is 678. The fourth-order valence-electron chi connectivity index (χ4n) is 5.80. The third-order valence-electron chi connectivity index (χ3n) is 7.07. The lowest BCUT2D eigenvalue weighted by molar-refractivity contribution is 0.0802. The molecule has 0 saturated heterocycles. The molecule has 1 aromatic rings. The van der Waals surface area contributed by atoms with Crippen LogP contribution in [0.3, 0.4) is 0 Å². The van der Waals surface area contributed by atoms with Gasteiger partial charge in [0.2, 0.25) is 5.75 Å². The Labute approximate surface area is 138 Å². The summed E-state index contributed by atoms with van der Waals surface area (Å²) in [7, 11) is 1.50. The van der Waals surface area contributed by atoms with Gasteiger partial charge in [0.25, 0.3) is 0 Å². The molecule has 1 aromatic carbocycles. The number of aromatic hydroxyl groups is 2. The Hall–Kier alpha value is -1.64. The zero-order valence-corrected chi connectivity index (χ0v) is 14.1. The highest BCUT2D eigenvalue weighted by Gasteiger charge is 2.52. The summed E-state index contributed by atoms with van der Waals surface area (Å²) in [5.41, 5.74) is 3.85. The molecule has 2 saturated carbocycles. The third-order valence-corrected chi connectivity index (χ3v) is 7.07. The van der Waals surface area contributed by atoms with Crippen molar-refractivity contribution in [1.82, 2.24) is 0 Å². The molecule has 4 atom stereocenters. The molecule has 3 aliphatic rings. The van der Waals surface area contributed by atoms with E-state index in [1.165, 1.54) is 19.1 Å². The number of benzene rings is 1. The van der Waals surface area contributed by atoms with Crippen molar-refractivity contribution < 1.29 is 14.9 Å². The second-order valence-electron chi connectivity index (χ2n) is 7.86. The Balaban J connectivity index is 1.79. The highest BCUT2D eigenvalue weighted by molar-refractivity contribution is 5.60. The van der Waals surface area contributed by atoms with Gasteiger partial charge in [-0.1, -0.05) is 19.1 Å². The Morgan fingerprint density at radius 1 is 1.22 bits per heavy atom. The maximum Gasteiger partial charge on any atom is 0.203 e. The zero-order valence-electron chi connectivity index (χ0n) is 14.1. The van der Waals surface area contributed by atoms with Gasteiger partial charge < -0.3 is 14.9 Å². The first-order valence-corrected chi connectivity index (χ1v) is 8.77. The summed E-state index contributed by atoms with van der Waals surface area (Å²) >= 11 is 0. The molecule has 0 unspecified atom stereocenters. The van der Waals surface area contributed by atoms with Gasteiger partial charge in [-0.2, -0.15) is 0 Å². The summed E-state index contributed by atoms with van der Waals surface area (Å²) in [6.45, 7) is 6.75. The predicted molar refractivity (Wildman–Crippen MR) is 90.1 cm³/mol. The zero-order chi connectivity index (χ0) is 16.4. The van der Waals surface area contributed by atoms with E-state index in [0.717, 1.165) is 43.2 Å². The van der Waals surface area contributed by atoms with Gasteiger partial charge in [-0.25, -0.2) is 0 Å². The summed E-state index contributed by atoms with van der Waals surface area (Å²) in [5, 5.41) is 20.8. The van der Waals surface area contributed by atoms with Crippen molar-refractivity contribution in [2.24, 2.45) is 17.3 Å². The summed E-state index contributed by atoms with van der Waals surface area (Å²) < 4.78 is 5.23. The van der Waals surface area contributed by atoms with E-state index in [4.69, 9.17) is 4.74 Å². The molecule has 0 heterocycles. The molecule has 0 amide bonds. The van der Waals surface area contributed by atoms with Crippen LogP contribution < -0.4 is 4.74 Å². The molecular formula is C20H26O3. The van der Waals surface area contributed by atoms with Crippen LogP contribution in [-0.2, 0) is 6.42 Å². The number of hydrogen-bond acceptors (Lipinski definition) is 3. The number of methoxy groups -OCH3 is 1.